The van der Waals surface area contributed by atoms with Crippen molar-refractivity contribution in [2.75, 3.05) is 7.11 Å². The van der Waals surface area contributed by atoms with Crippen LogP contribution in [0.5, 0.6) is 11.5 Å². The van der Waals surface area contributed by atoms with Gasteiger partial charge in [-0.3, -0.25) is 4.79 Å². The number of benzene rings is 2. The van der Waals surface area contributed by atoms with Crippen LogP contribution in [0.15, 0.2) is 46.9 Å². The predicted octanol–water partition coefficient (Wildman–Crippen LogP) is 3.66. The molecule has 0 saturated carbocycles. The average Bonchev–Trinajstić information content (AvgIpc) is 2.47. The van der Waals surface area contributed by atoms with E-state index in [0.717, 1.165) is 21.3 Å². The molecule has 2 aromatic carbocycles. The van der Waals surface area contributed by atoms with E-state index < -0.39 is 5.97 Å². The third kappa shape index (κ3) is 4.49. The molecule has 0 amide bonds. The second kappa shape index (κ2) is 7.13. The molecule has 1 N–H and O–H groups in total. The fourth-order valence-corrected chi connectivity index (χ4v) is 2.19. The van der Waals surface area contributed by atoms with Gasteiger partial charge in [0.05, 0.1) is 13.5 Å². The lowest BCUT2D eigenvalue weighted by Crippen LogP contribution is -2.00. The number of ether oxygens (including phenoxy) is 2. The van der Waals surface area contributed by atoms with Crippen LogP contribution >= 0.6 is 15.9 Å². The number of carboxylic acids is 1. The highest BCUT2D eigenvalue weighted by atomic mass is 79.9. The summed E-state index contributed by atoms with van der Waals surface area (Å²) in [7, 11) is 1.62. The van der Waals surface area contributed by atoms with Gasteiger partial charge in [-0.2, -0.15) is 0 Å². The molecule has 2 aromatic rings. The fourth-order valence-electron chi connectivity index (χ4n) is 1.83. The molecule has 0 saturated heterocycles. The first kappa shape index (κ1) is 15.4. The van der Waals surface area contributed by atoms with Gasteiger partial charge in [-0.15, -0.1) is 0 Å². The lowest BCUT2D eigenvalue weighted by Gasteiger charge is -2.10. The molecule has 0 heterocycles. The number of hydrogen-bond donors (Lipinski definition) is 1. The molecule has 0 unspecified atom stereocenters. The maximum Gasteiger partial charge on any atom is 0.307 e. The SMILES string of the molecule is COc1ccc(Br)c(COc2ccc(CC(=O)O)cc2)c1. The first-order valence-corrected chi connectivity index (χ1v) is 7.13. The van der Waals surface area contributed by atoms with Crippen LogP contribution in [-0.2, 0) is 17.8 Å². The molecular formula is C16H15BrO4. The highest BCUT2D eigenvalue weighted by Crippen LogP contribution is 2.24. The molecule has 4 nitrogen and oxygen atoms in total. The largest absolute Gasteiger partial charge is 0.497 e. The predicted molar refractivity (Wildman–Crippen MR) is 82.8 cm³/mol. The summed E-state index contributed by atoms with van der Waals surface area (Å²) in [6, 6.07) is 12.7. The smallest absolute Gasteiger partial charge is 0.307 e. The summed E-state index contributed by atoms with van der Waals surface area (Å²) in [6.45, 7) is 0.399. The number of carbonyl (C=O) groups is 1. The van der Waals surface area contributed by atoms with Gasteiger partial charge >= 0.3 is 5.97 Å². The van der Waals surface area contributed by atoms with Crippen molar-refractivity contribution in [1.82, 2.24) is 0 Å². The minimum atomic E-state index is -0.844. The molecule has 0 aliphatic heterocycles. The summed E-state index contributed by atoms with van der Waals surface area (Å²) in [5, 5.41) is 8.72. The zero-order valence-corrected chi connectivity index (χ0v) is 13.1. The highest BCUT2D eigenvalue weighted by Gasteiger charge is 2.04. The third-order valence-electron chi connectivity index (χ3n) is 2.93. The number of rotatable bonds is 6. The molecule has 0 aromatic heterocycles. The van der Waals surface area contributed by atoms with Crippen LogP contribution in [0.2, 0.25) is 0 Å². The average molecular weight is 351 g/mol. The highest BCUT2D eigenvalue weighted by molar-refractivity contribution is 9.10. The summed E-state index contributed by atoms with van der Waals surface area (Å²) < 4.78 is 11.8. The Balaban J connectivity index is 2.01. The van der Waals surface area contributed by atoms with Gasteiger partial charge in [0.1, 0.15) is 18.1 Å². The minimum absolute atomic E-state index is 0.0156. The van der Waals surface area contributed by atoms with Crippen LogP contribution < -0.4 is 9.47 Å². The molecule has 0 radical (unpaired) electrons. The quantitative estimate of drug-likeness (QED) is 0.863. The van der Waals surface area contributed by atoms with Crippen molar-refractivity contribution in [2.24, 2.45) is 0 Å². The van der Waals surface area contributed by atoms with E-state index in [1.54, 1.807) is 31.4 Å². The molecule has 5 heteroatoms. The van der Waals surface area contributed by atoms with Crippen LogP contribution in [0, 0.1) is 0 Å². The maximum absolute atomic E-state index is 10.6. The van der Waals surface area contributed by atoms with E-state index in [2.05, 4.69) is 15.9 Å². The molecule has 0 fully saturated rings. The van der Waals surface area contributed by atoms with E-state index in [0.29, 0.717) is 12.4 Å². The monoisotopic (exact) mass is 350 g/mol. The van der Waals surface area contributed by atoms with Gasteiger partial charge in [0.25, 0.3) is 0 Å². The zero-order chi connectivity index (χ0) is 15.2. The van der Waals surface area contributed by atoms with Crippen LogP contribution in [-0.4, -0.2) is 18.2 Å². The normalized spacial score (nSPS) is 10.2. The van der Waals surface area contributed by atoms with Gasteiger partial charge in [-0.1, -0.05) is 28.1 Å². The number of methoxy groups -OCH3 is 1. The molecule has 21 heavy (non-hydrogen) atoms. The Kier molecular flexibility index (Phi) is 5.22. The van der Waals surface area contributed by atoms with Gasteiger partial charge in [0, 0.05) is 10.0 Å². The molecule has 0 aliphatic carbocycles. The van der Waals surface area contributed by atoms with E-state index in [1.165, 1.54) is 0 Å². The van der Waals surface area contributed by atoms with Crippen LogP contribution in [0.25, 0.3) is 0 Å². The molecule has 0 bridgehead atoms. The molecule has 0 aliphatic rings. The summed E-state index contributed by atoms with van der Waals surface area (Å²) >= 11 is 3.47. The Morgan fingerprint density at radius 3 is 2.43 bits per heavy atom. The van der Waals surface area contributed by atoms with Crippen molar-refractivity contribution in [3.05, 3.63) is 58.1 Å². The number of carboxylic acid groups (broad SMARTS) is 1. The van der Waals surface area contributed by atoms with E-state index >= 15 is 0 Å². The Hall–Kier alpha value is -2.01. The topological polar surface area (TPSA) is 55.8 Å². The van der Waals surface area contributed by atoms with Gasteiger partial charge in [0.2, 0.25) is 0 Å². The zero-order valence-electron chi connectivity index (χ0n) is 11.5. The standard InChI is InChI=1S/C16H15BrO4/c1-20-14-6-7-15(17)12(9-14)10-21-13-4-2-11(3-5-13)8-16(18)19/h2-7,9H,8,10H2,1H3,(H,18,19). The molecule has 0 atom stereocenters. The van der Waals surface area contributed by atoms with Crippen molar-refractivity contribution < 1.29 is 19.4 Å². The van der Waals surface area contributed by atoms with Gasteiger partial charge in [0.15, 0.2) is 0 Å². The van der Waals surface area contributed by atoms with Gasteiger partial charge in [-0.05, 0) is 35.9 Å². The van der Waals surface area contributed by atoms with Crippen molar-refractivity contribution in [3.8, 4) is 11.5 Å². The summed E-state index contributed by atoms with van der Waals surface area (Å²) in [5.41, 5.74) is 1.72. The maximum atomic E-state index is 10.6. The first-order valence-electron chi connectivity index (χ1n) is 6.34. The molecular weight excluding hydrogens is 336 g/mol. The van der Waals surface area contributed by atoms with Crippen molar-refractivity contribution in [2.45, 2.75) is 13.0 Å². The molecule has 110 valence electrons. The Morgan fingerprint density at radius 1 is 1.14 bits per heavy atom. The van der Waals surface area contributed by atoms with E-state index in [-0.39, 0.29) is 6.42 Å². The van der Waals surface area contributed by atoms with Crippen LogP contribution in [0.4, 0.5) is 0 Å². The Bertz CT molecular complexity index is 623. The lowest BCUT2D eigenvalue weighted by molar-refractivity contribution is -0.136. The van der Waals surface area contributed by atoms with Crippen molar-refractivity contribution >= 4 is 21.9 Å². The summed E-state index contributed by atoms with van der Waals surface area (Å²) in [4.78, 5) is 10.6. The summed E-state index contributed by atoms with van der Waals surface area (Å²) in [5.74, 6) is 0.622. The fraction of sp³-hybridized carbons (Fsp3) is 0.188. The van der Waals surface area contributed by atoms with Gasteiger partial charge in [-0.25, -0.2) is 0 Å². The van der Waals surface area contributed by atoms with Crippen LogP contribution in [0.3, 0.4) is 0 Å². The minimum Gasteiger partial charge on any atom is -0.497 e. The van der Waals surface area contributed by atoms with E-state index in [1.807, 2.05) is 18.2 Å². The third-order valence-corrected chi connectivity index (χ3v) is 3.70. The number of hydrogen-bond acceptors (Lipinski definition) is 3. The summed E-state index contributed by atoms with van der Waals surface area (Å²) in [6.07, 6.45) is 0.0156. The molecule has 0 spiro atoms. The second-order valence-electron chi connectivity index (χ2n) is 4.46. The number of aliphatic carboxylic acids is 1. The Morgan fingerprint density at radius 2 is 1.81 bits per heavy atom. The first-order chi connectivity index (χ1) is 10.1. The number of halogens is 1. The van der Waals surface area contributed by atoms with Gasteiger partial charge < -0.3 is 14.6 Å². The van der Waals surface area contributed by atoms with E-state index in [9.17, 15) is 4.79 Å². The van der Waals surface area contributed by atoms with Crippen molar-refractivity contribution in [1.29, 1.82) is 0 Å². The van der Waals surface area contributed by atoms with Crippen molar-refractivity contribution in [3.63, 3.8) is 0 Å². The van der Waals surface area contributed by atoms with Crippen LogP contribution in [0.1, 0.15) is 11.1 Å². The lowest BCUT2D eigenvalue weighted by atomic mass is 10.1. The Labute approximate surface area is 131 Å². The molecule has 2 rings (SSSR count). The second-order valence-corrected chi connectivity index (χ2v) is 5.31. The van der Waals surface area contributed by atoms with E-state index in [4.69, 9.17) is 14.6 Å².